The SMILES string of the molecule is COc1nccnc1C(N)c1ccc(Br)cc1C(F)(F)F. The average Bonchev–Trinajstić information content (AvgIpc) is 2.45. The number of benzene rings is 1. The Bertz CT molecular complexity index is 649. The number of halogens is 4. The number of ether oxygens (including phenoxy) is 1. The third-order valence-electron chi connectivity index (χ3n) is 2.83. The molecule has 1 heterocycles. The van der Waals surface area contributed by atoms with Crippen LogP contribution in [0.4, 0.5) is 13.2 Å². The monoisotopic (exact) mass is 361 g/mol. The Morgan fingerprint density at radius 2 is 1.90 bits per heavy atom. The molecule has 112 valence electrons. The second kappa shape index (κ2) is 5.98. The smallest absolute Gasteiger partial charge is 0.416 e. The first-order chi connectivity index (χ1) is 9.84. The molecule has 4 nitrogen and oxygen atoms in total. The lowest BCUT2D eigenvalue weighted by Gasteiger charge is -2.19. The van der Waals surface area contributed by atoms with Crippen LogP contribution in [0.1, 0.15) is 22.9 Å². The van der Waals surface area contributed by atoms with Crippen molar-refractivity contribution in [2.75, 3.05) is 7.11 Å². The summed E-state index contributed by atoms with van der Waals surface area (Å²) in [6, 6.07) is 2.69. The van der Waals surface area contributed by atoms with E-state index >= 15 is 0 Å². The maximum atomic E-state index is 13.1. The van der Waals surface area contributed by atoms with Crippen LogP contribution in [0, 0.1) is 0 Å². The number of aromatic nitrogens is 2. The molecule has 21 heavy (non-hydrogen) atoms. The summed E-state index contributed by atoms with van der Waals surface area (Å²) in [6.07, 6.45) is -1.79. The van der Waals surface area contributed by atoms with Crippen molar-refractivity contribution in [2.24, 2.45) is 5.73 Å². The maximum absolute atomic E-state index is 13.1. The van der Waals surface area contributed by atoms with Gasteiger partial charge in [-0.2, -0.15) is 13.2 Å². The summed E-state index contributed by atoms with van der Waals surface area (Å²) in [5.74, 6) is 0.0982. The average molecular weight is 362 g/mol. The Balaban J connectivity index is 2.56. The van der Waals surface area contributed by atoms with E-state index in [4.69, 9.17) is 10.5 Å². The standard InChI is InChI=1S/C13H11BrF3N3O/c1-21-12-11(19-4-5-20-12)10(18)8-3-2-7(14)6-9(8)13(15,16)17/h2-6,10H,18H2,1H3. The molecule has 1 unspecified atom stereocenters. The fourth-order valence-corrected chi connectivity index (χ4v) is 2.26. The summed E-state index contributed by atoms with van der Waals surface area (Å²) in [7, 11) is 1.35. The summed E-state index contributed by atoms with van der Waals surface area (Å²) in [4.78, 5) is 7.88. The van der Waals surface area contributed by atoms with Gasteiger partial charge < -0.3 is 10.5 Å². The lowest BCUT2D eigenvalue weighted by Crippen LogP contribution is -2.20. The van der Waals surface area contributed by atoms with Gasteiger partial charge in [-0.05, 0) is 17.7 Å². The lowest BCUT2D eigenvalue weighted by molar-refractivity contribution is -0.138. The Morgan fingerprint density at radius 1 is 1.24 bits per heavy atom. The summed E-state index contributed by atoms with van der Waals surface area (Å²) in [6.45, 7) is 0. The molecule has 2 aromatic rings. The molecule has 0 saturated carbocycles. The molecule has 0 bridgehead atoms. The lowest BCUT2D eigenvalue weighted by atomic mass is 9.98. The van der Waals surface area contributed by atoms with Crippen LogP contribution in [0.2, 0.25) is 0 Å². The number of methoxy groups -OCH3 is 1. The summed E-state index contributed by atoms with van der Waals surface area (Å²) in [5.41, 5.74) is 5.17. The van der Waals surface area contributed by atoms with Gasteiger partial charge in [-0.15, -0.1) is 0 Å². The van der Waals surface area contributed by atoms with Gasteiger partial charge >= 0.3 is 6.18 Å². The van der Waals surface area contributed by atoms with E-state index < -0.39 is 17.8 Å². The second-order valence-corrected chi connectivity index (χ2v) is 5.07. The Morgan fingerprint density at radius 3 is 2.52 bits per heavy atom. The van der Waals surface area contributed by atoms with Crippen LogP contribution in [-0.2, 0) is 6.18 Å². The summed E-state index contributed by atoms with van der Waals surface area (Å²) in [5, 5.41) is 0. The number of rotatable bonds is 3. The molecule has 0 aliphatic carbocycles. The number of nitrogens with two attached hydrogens (primary N) is 1. The van der Waals surface area contributed by atoms with Crippen molar-refractivity contribution < 1.29 is 17.9 Å². The van der Waals surface area contributed by atoms with Gasteiger partial charge in [0.25, 0.3) is 0 Å². The van der Waals surface area contributed by atoms with E-state index in [0.29, 0.717) is 4.47 Å². The Kier molecular flexibility index (Phi) is 4.48. The van der Waals surface area contributed by atoms with E-state index in [1.165, 1.54) is 31.6 Å². The molecule has 8 heteroatoms. The zero-order valence-corrected chi connectivity index (χ0v) is 12.4. The number of nitrogens with zero attached hydrogens (tertiary/aromatic N) is 2. The number of hydrogen-bond acceptors (Lipinski definition) is 4. The van der Waals surface area contributed by atoms with Crippen molar-refractivity contribution in [2.45, 2.75) is 12.2 Å². The van der Waals surface area contributed by atoms with Crippen molar-refractivity contribution in [3.05, 3.63) is 51.9 Å². The van der Waals surface area contributed by atoms with Gasteiger partial charge in [0.1, 0.15) is 5.69 Å². The minimum absolute atomic E-state index is 0.0931. The van der Waals surface area contributed by atoms with Crippen LogP contribution >= 0.6 is 15.9 Å². The van der Waals surface area contributed by atoms with E-state index in [-0.39, 0.29) is 17.1 Å². The molecule has 0 spiro atoms. The van der Waals surface area contributed by atoms with Crippen LogP contribution in [0.3, 0.4) is 0 Å². The predicted octanol–water partition coefficient (Wildman–Crippen LogP) is 3.31. The van der Waals surface area contributed by atoms with Gasteiger partial charge in [-0.3, -0.25) is 4.98 Å². The first-order valence-corrected chi connectivity index (χ1v) is 6.61. The molecule has 2 rings (SSSR count). The zero-order chi connectivity index (χ0) is 15.6. The molecule has 0 amide bonds. The van der Waals surface area contributed by atoms with Gasteiger partial charge in [0.15, 0.2) is 0 Å². The fourth-order valence-electron chi connectivity index (χ4n) is 1.90. The van der Waals surface area contributed by atoms with E-state index in [0.717, 1.165) is 6.07 Å². The molecular weight excluding hydrogens is 351 g/mol. The Labute approximate surface area is 127 Å². The topological polar surface area (TPSA) is 61.0 Å². The first-order valence-electron chi connectivity index (χ1n) is 5.81. The van der Waals surface area contributed by atoms with Gasteiger partial charge in [0.2, 0.25) is 5.88 Å². The van der Waals surface area contributed by atoms with Crippen LogP contribution in [0.5, 0.6) is 5.88 Å². The minimum Gasteiger partial charge on any atom is -0.480 e. The summed E-state index contributed by atoms with van der Waals surface area (Å²) < 4.78 is 44.7. The third-order valence-corrected chi connectivity index (χ3v) is 3.33. The van der Waals surface area contributed by atoms with Gasteiger partial charge in [-0.25, -0.2) is 4.98 Å². The highest BCUT2D eigenvalue weighted by Crippen LogP contribution is 2.38. The van der Waals surface area contributed by atoms with E-state index in [1.807, 2.05) is 0 Å². The quantitative estimate of drug-likeness (QED) is 0.910. The highest BCUT2D eigenvalue weighted by molar-refractivity contribution is 9.10. The fraction of sp³-hybridized carbons (Fsp3) is 0.231. The van der Waals surface area contributed by atoms with E-state index in [9.17, 15) is 13.2 Å². The van der Waals surface area contributed by atoms with Crippen molar-refractivity contribution >= 4 is 15.9 Å². The molecule has 0 saturated heterocycles. The van der Waals surface area contributed by atoms with Crippen molar-refractivity contribution in [3.8, 4) is 5.88 Å². The van der Waals surface area contributed by atoms with Crippen molar-refractivity contribution in [1.82, 2.24) is 9.97 Å². The van der Waals surface area contributed by atoms with Crippen LogP contribution < -0.4 is 10.5 Å². The highest BCUT2D eigenvalue weighted by Gasteiger charge is 2.36. The number of hydrogen-bond donors (Lipinski definition) is 1. The predicted molar refractivity (Wildman–Crippen MR) is 73.8 cm³/mol. The second-order valence-electron chi connectivity index (χ2n) is 4.16. The van der Waals surface area contributed by atoms with Crippen LogP contribution in [-0.4, -0.2) is 17.1 Å². The zero-order valence-electron chi connectivity index (χ0n) is 10.9. The molecular formula is C13H11BrF3N3O. The molecule has 2 N–H and O–H groups in total. The van der Waals surface area contributed by atoms with Crippen molar-refractivity contribution in [1.29, 1.82) is 0 Å². The Hall–Kier alpha value is -1.67. The molecule has 0 radical (unpaired) electrons. The molecule has 0 fully saturated rings. The number of alkyl halides is 3. The summed E-state index contributed by atoms with van der Waals surface area (Å²) >= 11 is 3.03. The van der Waals surface area contributed by atoms with Crippen LogP contribution in [0.25, 0.3) is 0 Å². The van der Waals surface area contributed by atoms with Gasteiger partial charge in [0.05, 0.1) is 18.7 Å². The van der Waals surface area contributed by atoms with Gasteiger partial charge in [0, 0.05) is 16.9 Å². The first kappa shape index (κ1) is 15.7. The van der Waals surface area contributed by atoms with E-state index in [2.05, 4.69) is 25.9 Å². The minimum atomic E-state index is -4.52. The largest absolute Gasteiger partial charge is 0.480 e. The van der Waals surface area contributed by atoms with Gasteiger partial charge in [-0.1, -0.05) is 22.0 Å². The van der Waals surface area contributed by atoms with Crippen molar-refractivity contribution in [3.63, 3.8) is 0 Å². The normalized spacial score (nSPS) is 13.0. The molecule has 0 aliphatic heterocycles. The van der Waals surface area contributed by atoms with E-state index in [1.54, 1.807) is 0 Å². The molecule has 0 aliphatic rings. The maximum Gasteiger partial charge on any atom is 0.416 e. The molecule has 1 aromatic heterocycles. The molecule has 1 aromatic carbocycles. The highest BCUT2D eigenvalue weighted by atomic mass is 79.9. The third kappa shape index (κ3) is 3.33. The van der Waals surface area contributed by atoms with Crippen LogP contribution in [0.15, 0.2) is 35.1 Å². The molecule has 1 atom stereocenters.